The fourth-order valence-corrected chi connectivity index (χ4v) is 0.997. The summed E-state index contributed by atoms with van der Waals surface area (Å²) in [6.07, 6.45) is 7.67. The predicted octanol–water partition coefficient (Wildman–Crippen LogP) is -0.563. The van der Waals surface area contributed by atoms with E-state index < -0.39 is 0 Å². The van der Waals surface area contributed by atoms with E-state index in [-0.39, 0.29) is 0 Å². The van der Waals surface area contributed by atoms with Gasteiger partial charge in [-0.05, 0) is 6.42 Å². The minimum Gasteiger partial charge on any atom is -0.222 e. The van der Waals surface area contributed by atoms with Crippen LogP contribution in [0.5, 0.6) is 0 Å². The Balaban J connectivity index is 2.40. The quantitative estimate of drug-likeness (QED) is 0.474. The monoisotopic (exact) mass is 126 g/mol. The minimum absolute atomic E-state index is 1.21. The van der Waals surface area contributed by atoms with Gasteiger partial charge in [-0.3, -0.25) is 0 Å². The Morgan fingerprint density at radius 1 is 1.56 bits per heavy atom. The second-order valence-corrected chi connectivity index (χ2v) is 2.44. The summed E-state index contributed by atoms with van der Waals surface area (Å²) < 4.78 is 2.09. The lowest BCUT2D eigenvalue weighted by molar-refractivity contribution is -0.748. The molecule has 0 saturated carbocycles. The van der Waals surface area contributed by atoms with Gasteiger partial charge in [0.1, 0.15) is 7.05 Å². The van der Waals surface area contributed by atoms with Gasteiger partial charge in [-0.2, -0.15) is 4.58 Å². The Kier molecular flexibility index (Phi) is 2.01. The van der Waals surface area contributed by atoms with Gasteiger partial charge in [0.05, 0.1) is 6.54 Å². The molecule has 0 amide bonds. The van der Waals surface area contributed by atoms with Gasteiger partial charge in [-0.1, -0.05) is 6.92 Å². The van der Waals surface area contributed by atoms with Gasteiger partial charge in [0, 0.05) is 0 Å². The minimum atomic E-state index is 1.21. The lowest BCUT2D eigenvalue weighted by atomic mass is 10.5. The summed E-state index contributed by atoms with van der Waals surface area (Å²) in [6, 6.07) is 0. The second-order valence-electron chi connectivity index (χ2n) is 2.44. The maximum atomic E-state index is 2.20. The molecule has 0 fully saturated rings. The van der Waals surface area contributed by atoms with Crippen molar-refractivity contribution < 1.29 is 9.48 Å². The topological polar surface area (TPSA) is 7.45 Å². The summed E-state index contributed by atoms with van der Waals surface area (Å²) >= 11 is 0. The molecule has 2 heteroatoms. The van der Waals surface area contributed by atoms with Gasteiger partial charge in [0.2, 0.25) is 6.20 Å². The fourth-order valence-electron chi connectivity index (χ4n) is 0.997. The highest BCUT2D eigenvalue weighted by Crippen LogP contribution is 1.71. The van der Waals surface area contributed by atoms with E-state index in [0.717, 1.165) is 0 Å². The molecule has 1 aliphatic heterocycles. The molecule has 1 unspecified atom stereocenters. The first-order valence-electron chi connectivity index (χ1n) is 3.43. The van der Waals surface area contributed by atoms with Gasteiger partial charge in [0.15, 0.2) is 6.20 Å². The Bertz CT molecular complexity index is 147. The first kappa shape index (κ1) is 6.49. The van der Waals surface area contributed by atoms with E-state index in [2.05, 4.69) is 37.3 Å². The third-order valence-electron chi connectivity index (χ3n) is 1.43. The summed E-state index contributed by atoms with van der Waals surface area (Å²) in [4.78, 5) is 1.44. The van der Waals surface area contributed by atoms with Crippen LogP contribution >= 0.6 is 0 Å². The van der Waals surface area contributed by atoms with Crippen LogP contribution in [0.2, 0.25) is 0 Å². The third-order valence-corrected chi connectivity index (χ3v) is 1.43. The van der Waals surface area contributed by atoms with Crippen molar-refractivity contribution in [2.45, 2.75) is 13.3 Å². The number of rotatable bonds is 2. The second kappa shape index (κ2) is 2.78. The van der Waals surface area contributed by atoms with Crippen LogP contribution in [0.15, 0.2) is 12.4 Å². The van der Waals surface area contributed by atoms with Gasteiger partial charge < -0.3 is 0 Å². The van der Waals surface area contributed by atoms with Crippen molar-refractivity contribution in [1.29, 1.82) is 0 Å². The van der Waals surface area contributed by atoms with Gasteiger partial charge in [-0.25, -0.2) is 4.90 Å². The summed E-state index contributed by atoms with van der Waals surface area (Å²) in [5.41, 5.74) is 0. The largest absolute Gasteiger partial charge is 0.335 e. The summed E-state index contributed by atoms with van der Waals surface area (Å²) in [6.45, 7) is 3.41. The van der Waals surface area contributed by atoms with Crippen molar-refractivity contribution in [3.63, 3.8) is 0 Å². The lowest BCUT2D eigenvalue weighted by Crippen LogP contribution is -3.05. The highest BCUT2D eigenvalue weighted by molar-refractivity contribution is 5.38. The molecule has 1 aliphatic rings. The van der Waals surface area contributed by atoms with Crippen molar-refractivity contribution in [3.05, 3.63) is 12.4 Å². The molecule has 0 aromatic heterocycles. The fraction of sp³-hybridized carbons (Fsp3) is 0.571. The number of hydrogen-bond acceptors (Lipinski definition) is 0. The van der Waals surface area contributed by atoms with Crippen LogP contribution in [-0.4, -0.2) is 24.5 Å². The molecule has 0 saturated heterocycles. The number of hydrogen-bond donors (Lipinski definition) is 1. The standard InChI is InChI=1S/C7H13N2/c1-3-4-9-6-5-8(2)7-9/h5-7H,3-4H2,1-2H3/q+1/p+1. The van der Waals surface area contributed by atoms with Crippen LogP contribution in [0.1, 0.15) is 13.3 Å². The van der Waals surface area contributed by atoms with E-state index in [1.54, 1.807) is 0 Å². The van der Waals surface area contributed by atoms with Crippen LogP contribution in [0.4, 0.5) is 0 Å². The lowest BCUT2D eigenvalue weighted by Gasteiger charge is -1.96. The average molecular weight is 126 g/mol. The first-order valence-corrected chi connectivity index (χ1v) is 3.43. The number of quaternary nitrogens is 1. The molecule has 50 valence electrons. The molecule has 9 heavy (non-hydrogen) atoms. The Hall–Kier alpha value is -0.630. The molecule has 0 aliphatic carbocycles. The number of nitrogens with one attached hydrogen (secondary N) is 1. The molecular formula is C7H14N2+2. The van der Waals surface area contributed by atoms with E-state index in [9.17, 15) is 0 Å². The zero-order valence-corrected chi connectivity index (χ0v) is 6.09. The van der Waals surface area contributed by atoms with Crippen molar-refractivity contribution in [1.82, 2.24) is 0 Å². The summed E-state index contributed by atoms with van der Waals surface area (Å²) in [5.74, 6) is 0. The smallest absolute Gasteiger partial charge is 0.222 e. The molecule has 1 atom stereocenters. The highest BCUT2D eigenvalue weighted by Gasteiger charge is 2.11. The summed E-state index contributed by atoms with van der Waals surface area (Å²) in [5, 5.41) is 0. The molecule has 2 nitrogen and oxygen atoms in total. The van der Waals surface area contributed by atoms with Crippen molar-refractivity contribution >= 4 is 6.34 Å². The SMILES string of the molecule is CCC[NH+]1C=C[N+](C)=C1. The van der Waals surface area contributed by atoms with E-state index in [4.69, 9.17) is 0 Å². The Labute approximate surface area is 56.1 Å². The Morgan fingerprint density at radius 2 is 2.33 bits per heavy atom. The zero-order chi connectivity index (χ0) is 6.69. The van der Waals surface area contributed by atoms with Crippen LogP contribution < -0.4 is 4.90 Å². The Morgan fingerprint density at radius 3 is 2.78 bits per heavy atom. The molecule has 0 aromatic rings. The first-order chi connectivity index (χ1) is 4.33. The van der Waals surface area contributed by atoms with Crippen LogP contribution in [-0.2, 0) is 0 Å². The van der Waals surface area contributed by atoms with Crippen molar-refractivity contribution in [2.24, 2.45) is 0 Å². The van der Waals surface area contributed by atoms with E-state index in [1.807, 2.05) is 0 Å². The van der Waals surface area contributed by atoms with Gasteiger partial charge in [0.25, 0.3) is 0 Å². The molecule has 1 rings (SSSR count). The normalized spacial score (nSPS) is 24.7. The van der Waals surface area contributed by atoms with Crippen LogP contribution in [0, 0.1) is 0 Å². The molecular weight excluding hydrogens is 112 g/mol. The highest BCUT2D eigenvalue weighted by atomic mass is 15.2. The molecule has 0 radical (unpaired) electrons. The molecule has 0 spiro atoms. The molecule has 0 aromatic carbocycles. The van der Waals surface area contributed by atoms with Crippen LogP contribution in [0.3, 0.4) is 0 Å². The molecule has 1 N–H and O–H groups in total. The molecule has 0 bridgehead atoms. The number of nitrogens with zero attached hydrogens (tertiary/aromatic N) is 1. The van der Waals surface area contributed by atoms with Gasteiger partial charge in [-0.15, -0.1) is 0 Å². The van der Waals surface area contributed by atoms with Crippen LogP contribution in [0.25, 0.3) is 0 Å². The molecule has 1 heterocycles. The van der Waals surface area contributed by atoms with Crippen molar-refractivity contribution in [2.75, 3.05) is 13.6 Å². The average Bonchev–Trinajstić information content (AvgIpc) is 2.17. The van der Waals surface area contributed by atoms with Gasteiger partial charge >= 0.3 is 6.34 Å². The van der Waals surface area contributed by atoms with E-state index in [1.165, 1.54) is 17.9 Å². The maximum absolute atomic E-state index is 2.20. The van der Waals surface area contributed by atoms with E-state index in [0.29, 0.717) is 0 Å². The van der Waals surface area contributed by atoms with Crippen molar-refractivity contribution in [3.8, 4) is 0 Å². The zero-order valence-electron chi connectivity index (χ0n) is 6.09. The summed E-state index contributed by atoms with van der Waals surface area (Å²) in [7, 11) is 2.05. The maximum Gasteiger partial charge on any atom is 0.335 e. The predicted molar refractivity (Wildman–Crippen MR) is 37.5 cm³/mol. The van der Waals surface area contributed by atoms with E-state index >= 15 is 0 Å². The third kappa shape index (κ3) is 1.64.